The number of ether oxygens (including phenoxy) is 3. The van der Waals surface area contributed by atoms with Gasteiger partial charge in [0.15, 0.2) is 11.5 Å². The maximum Gasteiger partial charge on any atom is 0.320 e. The molecule has 1 heterocycles. The van der Waals surface area contributed by atoms with Gasteiger partial charge in [0.05, 0.1) is 25.3 Å². The summed E-state index contributed by atoms with van der Waals surface area (Å²) in [7, 11) is 1.46. The van der Waals surface area contributed by atoms with Crippen molar-refractivity contribution in [2.75, 3.05) is 20.3 Å². The molecular formula is C13H16ClNO5. The van der Waals surface area contributed by atoms with E-state index in [1.54, 1.807) is 6.07 Å². The minimum atomic E-state index is -1.10. The van der Waals surface area contributed by atoms with Crippen molar-refractivity contribution in [3.63, 3.8) is 0 Å². The number of fused-ring (bicyclic) bond motifs is 1. The van der Waals surface area contributed by atoms with Crippen LogP contribution in [0.5, 0.6) is 17.2 Å². The quantitative estimate of drug-likeness (QED) is 0.875. The number of nitrogens with two attached hydrogens (primary N) is 1. The van der Waals surface area contributed by atoms with Crippen molar-refractivity contribution in [1.29, 1.82) is 0 Å². The van der Waals surface area contributed by atoms with Gasteiger partial charge < -0.3 is 25.1 Å². The molecule has 0 aromatic heterocycles. The van der Waals surface area contributed by atoms with E-state index in [1.165, 1.54) is 7.11 Å². The molecular weight excluding hydrogens is 286 g/mol. The molecule has 1 unspecified atom stereocenters. The lowest BCUT2D eigenvalue weighted by Gasteiger charge is -2.18. The Morgan fingerprint density at radius 2 is 2.25 bits per heavy atom. The first-order valence-corrected chi connectivity index (χ1v) is 6.55. The lowest BCUT2D eigenvalue weighted by molar-refractivity contribution is -0.138. The molecule has 1 atom stereocenters. The van der Waals surface area contributed by atoms with Gasteiger partial charge in [-0.05, 0) is 0 Å². The molecule has 7 heteroatoms. The van der Waals surface area contributed by atoms with Crippen LogP contribution in [0.1, 0.15) is 12.0 Å². The summed E-state index contributed by atoms with van der Waals surface area (Å²) in [6.07, 6.45) is 0.782. The summed E-state index contributed by atoms with van der Waals surface area (Å²) in [5, 5.41) is 9.30. The predicted molar refractivity (Wildman–Crippen MR) is 72.9 cm³/mol. The van der Waals surface area contributed by atoms with E-state index < -0.39 is 12.0 Å². The van der Waals surface area contributed by atoms with Crippen LogP contribution in [0.4, 0.5) is 0 Å². The molecule has 0 bridgehead atoms. The van der Waals surface area contributed by atoms with Crippen molar-refractivity contribution < 1.29 is 24.1 Å². The van der Waals surface area contributed by atoms with Crippen molar-refractivity contribution in [1.82, 2.24) is 0 Å². The minimum absolute atomic E-state index is 0.0464. The molecule has 6 nitrogen and oxygen atoms in total. The van der Waals surface area contributed by atoms with Crippen LogP contribution in [-0.4, -0.2) is 37.4 Å². The second kappa shape index (κ2) is 6.19. The van der Waals surface area contributed by atoms with Crippen molar-refractivity contribution in [3.05, 3.63) is 16.7 Å². The van der Waals surface area contributed by atoms with Crippen LogP contribution in [0, 0.1) is 0 Å². The molecule has 0 saturated heterocycles. The number of methoxy groups -OCH3 is 1. The van der Waals surface area contributed by atoms with Gasteiger partial charge in [-0.1, -0.05) is 11.6 Å². The fourth-order valence-corrected chi connectivity index (χ4v) is 2.33. The van der Waals surface area contributed by atoms with E-state index in [9.17, 15) is 4.79 Å². The van der Waals surface area contributed by atoms with E-state index in [4.69, 9.17) is 36.7 Å². The second-order valence-electron chi connectivity index (χ2n) is 4.40. The topological polar surface area (TPSA) is 91.0 Å². The largest absolute Gasteiger partial charge is 0.495 e. The predicted octanol–water partition coefficient (Wildman–Crippen LogP) is 1.46. The van der Waals surface area contributed by atoms with E-state index in [2.05, 4.69) is 0 Å². The number of hydrogen-bond acceptors (Lipinski definition) is 5. The van der Waals surface area contributed by atoms with Gasteiger partial charge in [0.2, 0.25) is 0 Å². The highest BCUT2D eigenvalue weighted by atomic mass is 35.5. The number of benzene rings is 1. The van der Waals surface area contributed by atoms with Crippen LogP contribution in [-0.2, 0) is 11.2 Å². The van der Waals surface area contributed by atoms with Crippen molar-refractivity contribution in [2.24, 2.45) is 5.73 Å². The highest BCUT2D eigenvalue weighted by molar-refractivity contribution is 6.32. The molecule has 0 fully saturated rings. The molecule has 1 aliphatic rings. The number of carboxylic acid groups (broad SMARTS) is 1. The summed E-state index contributed by atoms with van der Waals surface area (Å²) in [5.74, 6) is 0.212. The molecule has 0 saturated carbocycles. The van der Waals surface area contributed by atoms with E-state index in [-0.39, 0.29) is 6.42 Å². The van der Waals surface area contributed by atoms with Crippen molar-refractivity contribution >= 4 is 17.6 Å². The summed E-state index contributed by atoms with van der Waals surface area (Å²) in [6, 6.07) is 0.537. The zero-order valence-corrected chi connectivity index (χ0v) is 11.8. The number of carboxylic acids is 1. The van der Waals surface area contributed by atoms with E-state index in [0.29, 0.717) is 41.0 Å². The molecule has 0 aliphatic carbocycles. The Bertz CT molecular complexity index is 520. The Hall–Kier alpha value is -1.66. The van der Waals surface area contributed by atoms with Crippen molar-refractivity contribution in [3.8, 4) is 17.2 Å². The van der Waals surface area contributed by atoms with Gasteiger partial charge in [-0.15, -0.1) is 0 Å². The first-order chi connectivity index (χ1) is 9.54. The molecule has 1 aromatic carbocycles. The number of aliphatic carboxylic acids is 1. The Morgan fingerprint density at radius 3 is 2.90 bits per heavy atom. The van der Waals surface area contributed by atoms with E-state index in [0.717, 1.165) is 6.42 Å². The van der Waals surface area contributed by atoms with Crippen LogP contribution in [0.15, 0.2) is 6.07 Å². The Labute approximate surface area is 121 Å². The standard InChI is InChI=1S/C13H16ClNO5/c1-18-11-7(5-9(15)13(16)17)12-10(6-8(11)14)19-3-2-4-20-12/h6,9H,2-5,15H2,1H3,(H,16,17). The first-order valence-electron chi connectivity index (χ1n) is 6.18. The zero-order chi connectivity index (χ0) is 14.7. The lowest BCUT2D eigenvalue weighted by atomic mass is 10.0. The average Bonchev–Trinajstić information content (AvgIpc) is 2.63. The zero-order valence-electron chi connectivity index (χ0n) is 11.0. The Morgan fingerprint density at radius 1 is 1.55 bits per heavy atom. The average molecular weight is 302 g/mol. The Balaban J connectivity index is 2.49. The number of hydrogen-bond donors (Lipinski definition) is 2. The molecule has 1 aliphatic heterocycles. The maximum atomic E-state index is 11.0. The molecule has 1 aromatic rings. The molecule has 0 amide bonds. The third kappa shape index (κ3) is 2.91. The first kappa shape index (κ1) is 14.7. The van der Waals surface area contributed by atoms with E-state index >= 15 is 0 Å². The number of halogens is 1. The monoisotopic (exact) mass is 301 g/mol. The summed E-state index contributed by atoms with van der Waals surface area (Å²) in [4.78, 5) is 11.0. The van der Waals surface area contributed by atoms with Crippen LogP contribution in [0.25, 0.3) is 0 Å². The molecule has 20 heavy (non-hydrogen) atoms. The highest BCUT2D eigenvalue weighted by Gasteiger charge is 2.25. The normalized spacial score (nSPS) is 15.3. The van der Waals surface area contributed by atoms with Crippen molar-refractivity contribution in [2.45, 2.75) is 18.9 Å². The van der Waals surface area contributed by atoms with Crippen LogP contribution < -0.4 is 19.9 Å². The highest BCUT2D eigenvalue weighted by Crippen LogP contribution is 2.44. The third-order valence-electron chi connectivity index (χ3n) is 2.98. The van der Waals surface area contributed by atoms with Gasteiger partial charge in [0.25, 0.3) is 0 Å². The van der Waals surface area contributed by atoms with Gasteiger partial charge in [0, 0.05) is 24.5 Å². The van der Waals surface area contributed by atoms with E-state index in [1.807, 2.05) is 0 Å². The van der Waals surface area contributed by atoms with Crippen LogP contribution in [0.3, 0.4) is 0 Å². The summed E-state index contributed by atoms with van der Waals surface area (Å²) in [5.41, 5.74) is 6.12. The number of carbonyl (C=O) groups is 1. The van der Waals surface area contributed by atoms with Gasteiger partial charge in [0.1, 0.15) is 11.8 Å². The van der Waals surface area contributed by atoms with Gasteiger partial charge >= 0.3 is 5.97 Å². The maximum absolute atomic E-state index is 11.0. The Kier molecular flexibility index (Phi) is 4.57. The minimum Gasteiger partial charge on any atom is -0.495 e. The smallest absolute Gasteiger partial charge is 0.320 e. The second-order valence-corrected chi connectivity index (χ2v) is 4.80. The summed E-state index contributed by atoms with van der Waals surface area (Å²) in [6.45, 7) is 0.993. The lowest BCUT2D eigenvalue weighted by Crippen LogP contribution is -2.32. The summed E-state index contributed by atoms with van der Waals surface area (Å²) < 4.78 is 16.5. The molecule has 0 radical (unpaired) electrons. The third-order valence-corrected chi connectivity index (χ3v) is 3.27. The fourth-order valence-electron chi connectivity index (χ4n) is 2.04. The number of rotatable bonds is 4. The van der Waals surface area contributed by atoms with Gasteiger partial charge in [-0.2, -0.15) is 0 Å². The fraction of sp³-hybridized carbons (Fsp3) is 0.462. The molecule has 3 N–H and O–H groups in total. The van der Waals surface area contributed by atoms with Gasteiger partial charge in [-0.25, -0.2) is 0 Å². The van der Waals surface area contributed by atoms with Crippen LogP contribution >= 0.6 is 11.6 Å². The van der Waals surface area contributed by atoms with Crippen LogP contribution in [0.2, 0.25) is 5.02 Å². The molecule has 0 spiro atoms. The SMILES string of the molecule is COc1c(Cl)cc2c(c1CC(N)C(=O)O)OCCCO2. The summed E-state index contributed by atoms with van der Waals surface area (Å²) >= 11 is 6.13. The molecule has 110 valence electrons. The van der Waals surface area contributed by atoms with Gasteiger partial charge in [-0.3, -0.25) is 4.79 Å². The molecule has 2 rings (SSSR count).